The number of carbonyl (C=O) groups excluding carboxylic acids is 9. The highest BCUT2D eigenvalue weighted by atomic mass is 16.6. The molecule has 2 unspecified atom stereocenters. The first-order valence-corrected chi connectivity index (χ1v) is 26.5. The number of nitrogens with zero attached hydrogens (tertiary/aromatic N) is 6. The van der Waals surface area contributed by atoms with Crippen LogP contribution in [0.2, 0.25) is 0 Å². The Hall–Kier alpha value is -7.34. The average molecular weight is 1110 g/mol. The predicted molar refractivity (Wildman–Crippen MR) is 274 cm³/mol. The number of hydrogen-bond donors (Lipinski definition) is 10. The quantitative estimate of drug-likeness (QED) is 0.0432. The number of anilines is 1. The van der Waals surface area contributed by atoms with Crippen molar-refractivity contribution in [3.05, 3.63) is 29.3 Å². The smallest absolute Gasteiger partial charge is 0.317 e. The zero-order valence-electron chi connectivity index (χ0n) is 44.3. The SMILES string of the molecule is CC[C@H](C)[C@H](NC(=O)CNC(=O)CNC(=O)[C@H](CCC(=O)O)NC(=O)CN1CCN(C(=O)CN2CCN(CC(=O)O)CCN(CC(=O)O)CC2)CC1)C(=O)N[C@H]1CCc2cccc3c2N(C1=O)[C@H](C(=O)NC1CC(=O)OC1O)C3. The van der Waals surface area contributed by atoms with Crippen molar-refractivity contribution in [2.75, 3.05) is 110 Å². The molecule has 7 atom stereocenters. The number of aliphatic carboxylic acids is 3. The van der Waals surface area contributed by atoms with Crippen molar-refractivity contribution in [1.29, 1.82) is 0 Å². The number of hydrogen-bond acceptors (Lipinski definition) is 18. The summed E-state index contributed by atoms with van der Waals surface area (Å²) in [6.07, 6.45) is -1.58. The summed E-state index contributed by atoms with van der Waals surface area (Å²) in [5, 5.41) is 53.4. The largest absolute Gasteiger partial charge is 0.481 e. The second-order valence-corrected chi connectivity index (χ2v) is 20.4. The van der Waals surface area contributed by atoms with E-state index < -0.39 is 127 Å². The van der Waals surface area contributed by atoms with Gasteiger partial charge in [-0.25, -0.2) is 0 Å². The number of aliphatic hydroxyl groups excluding tert-OH is 1. The van der Waals surface area contributed by atoms with Crippen molar-refractivity contribution < 1.29 is 82.7 Å². The van der Waals surface area contributed by atoms with Crippen LogP contribution in [0.15, 0.2) is 18.2 Å². The summed E-state index contributed by atoms with van der Waals surface area (Å²) in [6, 6.07) is -0.351. The van der Waals surface area contributed by atoms with E-state index in [4.69, 9.17) is 4.74 Å². The minimum atomic E-state index is -1.55. The fourth-order valence-electron chi connectivity index (χ4n) is 10.1. The van der Waals surface area contributed by atoms with Crippen LogP contribution in [0.4, 0.5) is 5.69 Å². The lowest BCUT2D eigenvalue weighted by molar-refractivity contribution is -0.155. The van der Waals surface area contributed by atoms with Crippen molar-refractivity contribution in [2.24, 2.45) is 5.92 Å². The molecule has 8 amide bonds. The van der Waals surface area contributed by atoms with Gasteiger partial charge in [0.1, 0.15) is 30.2 Å². The number of piperazine rings is 1. The van der Waals surface area contributed by atoms with Gasteiger partial charge in [-0.3, -0.25) is 82.0 Å². The molecule has 1 aromatic carbocycles. The van der Waals surface area contributed by atoms with Gasteiger partial charge in [0.25, 0.3) is 0 Å². The summed E-state index contributed by atoms with van der Waals surface area (Å²) >= 11 is 0. The van der Waals surface area contributed by atoms with E-state index in [0.717, 1.165) is 11.1 Å². The molecule has 3 fully saturated rings. The molecule has 0 spiro atoms. The number of carboxylic acids is 3. The Labute approximate surface area is 455 Å². The van der Waals surface area contributed by atoms with Crippen LogP contribution >= 0.6 is 0 Å². The number of nitrogens with one attached hydrogen (secondary N) is 6. The van der Waals surface area contributed by atoms with Gasteiger partial charge in [0.15, 0.2) is 0 Å². The molecule has 0 saturated carbocycles. The molecule has 434 valence electrons. The van der Waals surface area contributed by atoms with E-state index in [0.29, 0.717) is 57.8 Å². The first-order valence-electron chi connectivity index (χ1n) is 26.5. The van der Waals surface area contributed by atoms with Crippen molar-refractivity contribution >= 4 is 76.8 Å². The second kappa shape index (κ2) is 28.5. The number of cyclic esters (lactones) is 1. The second-order valence-electron chi connectivity index (χ2n) is 20.4. The Bertz CT molecular complexity index is 2450. The third kappa shape index (κ3) is 17.6. The van der Waals surface area contributed by atoms with E-state index in [1.807, 2.05) is 11.0 Å². The Balaban J connectivity index is 0.948. The molecule has 79 heavy (non-hydrogen) atoms. The molecule has 29 nitrogen and oxygen atoms in total. The van der Waals surface area contributed by atoms with Crippen LogP contribution in [0.1, 0.15) is 57.1 Å². The molecule has 29 heteroatoms. The van der Waals surface area contributed by atoms with Crippen LogP contribution in [0.5, 0.6) is 0 Å². The summed E-state index contributed by atoms with van der Waals surface area (Å²) in [7, 11) is 0. The molecular formula is C50H72N12O17. The molecule has 0 radical (unpaired) electrons. The first-order chi connectivity index (χ1) is 37.6. The molecule has 1 aromatic rings. The summed E-state index contributed by atoms with van der Waals surface area (Å²) in [4.78, 5) is 164. The number of carboxylic acid groups (broad SMARTS) is 3. The fraction of sp³-hybridized carbons (Fsp3) is 0.640. The Morgan fingerprint density at radius 3 is 1.84 bits per heavy atom. The minimum Gasteiger partial charge on any atom is -0.481 e. The molecular weight excluding hydrogens is 1040 g/mol. The van der Waals surface area contributed by atoms with Crippen molar-refractivity contribution in [3.8, 4) is 0 Å². The highest BCUT2D eigenvalue weighted by Crippen LogP contribution is 2.39. The summed E-state index contributed by atoms with van der Waals surface area (Å²) in [5.41, 5.74) is 2.04. The first kappa shape index (κ1) is 60.9. The van der Waals surface area contributed by atoms with Gasteiger partial charge >= 0.3 is 23.9 Å². The molecule has 0 aliphatic carbocycles. The van der Waals surface area contributed by atoms with E-state index in [9.17, 15) is 78.0 Å². The van der Waals surface area contributed by atoms with Gasteiger partial charge in [0, 0.05) is 78.3 Å². The zero-order chi connectivity index (χ0) is 57.5. The lowest BCUT2D eigenvalue weighted by Crippen LogP contribution is -2.59. The molecule has 3 saturated heterocycles. The molecule has 5 aliphatic rings. The Kier molecular flexibility index (Phi) is 22.0. The predicted octanol–water partition coefficient (Wildman–Crippen LogP) is -5.53. The van der Waals surface area contributed by atoms with Gasteiger partial charge in [-0.1, -0.05) is 38.5 Å². The highest BCUT2D eigenvalue weighted by Gasteiger charge is 2.46. The van der Waals surface area contributed by atoms with Crippen LogP contribution in [0.3, 0.4) is 0 Å². The van der Waals surface area contributed by atoms with Crippen molar-refractivity contribution in [2.45, 2.75) is 95.3 Å². The van der Waals surface area contributed by atoms with E-state index in [1.165, 1.54) is 4.90 Å². The van der Waals surface area contributed by atoms with E-state index in [1.54, 1.807) is 45.6 Å². The summed E-state index contributed by atoms with van der Waals surface area (Å²) < 4.78 is 4.75. The third-order valence-electron chi connectivity index (χ3n) is 14.7. The topological polar surface area (TPSA) is 387 Å². The Morgan fingerprint density at radius 1 is 0.671 bits per heavy atom. The average Bonchev–Trinajstić information content (AvgIpc) is 4.19. The van der Waals surface area contributed by atoms with Crippen molar-refractivity contribution in [1.82, 2.24) is 56.4 Å². The number of benzene rings is 1. The Morgan fingerprint density at radius 2 is 1.25 bits per heavy atom. The number of para-hydroxylation sites is 1. The maximum Gasteiger partial charge on any atom is 0.317 e. The molecule has 0 bridgehead atoms. The van der Waals surface area contributed by atoms with Gasteiger partial charge in [0.05, 0.1) is 51.4 Å². The number of aryl methyl sites for hydroxylation is 1. The fourth-order valence-corrected chi connectivity index (χ4v) is 10.1. The lowest BCUT2D eigenvalue weighted by Gasteiger charge is -2.36. The van der Waals surface area contributed by atoms with Gasteiger partial charge in [-0.15, -0.1) is 0 Å². The van der Waals surface area contributed by atoms with Crippen LogP contribution in [0, 0.1) is 5.92 Å². The number of amides is 8. The van der Waals surface area contributed by atoms with Crippen LogP contribution < -0.4 is 36.8 Å². The summed E-state index contributed by atoms with van der Waals surface area (Å²) in [6.45, 7) is 4.83. The lowest BCUT2D eigenvalue weighted by atomic mass is 9.97. The van der Waals surface area contributed by atoms with Gasteiger partial charge in [0.2, 0.25) is 53.5 Å². The van der Waals surface area contributed by atoms with Crippen LogP contribution in [-0.4, -0.2) is 257 Å². The molecule has 10 N–H and O–H groups in total. The van der Waals surface area contributed by atoms with Crippen LogP contribution in [-0.2, 0) is 75.1 Å². The highest BCUT2D eigenvalue weighted by molar-refractivity contribution is 6.08. The van der Waals surface area contributed by atoms with E-state index in [2.05, 4.69) is 31.9 Å². The normalized spacial score (nSPS) is 22.3. The monoisotopic (exact) mass is 1110 g/mol. The third-order valence-corrected chi connectivity index (χ3v) is 14.7. The molecule has 6 rings (SSSR count). The number of esters is 1. The van der Waals surface area contributed by atoms with E-state index in [-0.39, 0.29) is 83.9 Å². The van der Waals surface area contributed by atoms with Gasteiger partial charge in [-0.2, -0.15) is 0 Å². The number of ether oxygens (including phenoxy) is 1. The molecule has 0 aromatic heterocycles. The maximum absolute atomic E-state index is 14.3. The number of rotatable bonds is 24. The number of aliphatic hydroxyl groups is 1. The maximum atomic E-state index is 14.3. The summed E-state index contributed by atoms with van der Waals surface area (Å²) in [5.74, 6) is -9.66. The van der Waals surface area contributed by atoms with Crippen molar-refractivity contribution in [3.63, 3.8) is 0 Å². The number of carbonyl (C=O) groups is 12. The molecule has 5 heterocycles. The van der Waals surface area contributed by atoms with Gasteiger partial charge < -0.3 is 62.0 Å². The zero-order valence-corrected chi connectivity index (χ0v) is 44.3. The minimum absolute atomic E-state index is 0.0121. The standard InChI is InChI=1S/C50H72N12O17/c1-3-29(2)44(48(76)54-33-8-7-30-5-4-6-31-21-35(62(45(30)31)49(33)77)47(75)55-34-22-43(73)79-50(34)78)56-37(64)24-51-36(63)23-52-46(74)32(9-10-40(67)68)53-38(65)25-57-17-19-61(20-18-57)39(66)26-58-11-13-59(27-41(69)70)15-16-60(14-12-58)28-42(71)72/h4-6,29,32-35,44,50,78H,3,7-28H2,1-2H3,(H,51,63)(H,52,74)(H,53,65)(H,54,76)(H,55,75)(H,56,64)(H,67,68)(H,69,70)(H,71,72)/t29-,32-,33-,34?,35-,44-,50?/m0/s1. The molecule has 5 aliphatic heterocycles. The van der Waals surface area contributed by atoms with E-state index >= 15 is 0 Å². The van der Waals surface area contributed by atoms with Crippen LogP contribution in [0.25, 0.3) is 0 Å². The van der Waals surface area contributed by atoms with Gasteiger partial charge in [-0.05, 0) is 36.3 Å².